The van der Waals surface area contributed by atoms with Gasteiger partial charge in [-0.3, -0.25) is 4.68 Å². The Morgan fingerprint density at radius 2 is 2.00 bits per heavy atom. The Bertz CT molecular complexity index is 1270. The lowest BCUT2D eigenvalue weighted by Crippen LogP contribution is -2.34. The highest BCUT2D eigenvalue weighted by Gasteiger charge is 2.24. The fraction of sp³-hybridized carbons (Fsp3) is 0.280. The Morgan fingerprint density at radius 3 is 2.77 bits per heavy atom. The van der Waals surface area contributed by atoms with E-state index in [1.807, 2.05) is 30.1 Å². The minimum absolute atomic E-state index is 0.356. The van der Waals surface area contributed by atoms with Crippen LogP contribution in [0.15, 0.2) is 54.9 Å². The zero-order valence-corrected chi connectivity index (χ0v) is 18.4. The topological polar surface area (TPSA) is 34.0 Å². The molecule has 1 saturated heterocycles. The number of anilines is 1. The van der Waals surface area contributed by atoms with Gasteiger partial charge in [-0.25, -0.2) is 9.37 Å². The number of halogens is 2. The van der Waals surface area contributed by atoms with Crippen LogP contribution in [-0.2, 0) is 7.05 Å². The van der Waals surface area contributed by atoms with Crippen molar-refractivity contribution in [3.63, 3.8) is 0 Å². The molecule has 0 bridgehead atoms. The normalized spacial score (nSPS) is 16.8. The Kier molecular flexibility index (Phi) is 5.14. The maximum atomic E-state index is 14.9. The van der Waals surface area contributed by atoms with E-state index in [2.05, 4.69) is 35.3 Å². The van der Waals surface area contributed by atoms with Crippen molar-refractivity contribution in [3.05, 3.63) is 76.8 Å². The molecule has 3 heterocycles. The molecule has 158 valence electrons. The van der Waals surface area contributed by atoms with Gasteiger partial charge in [0.15, 0.2) is 0 Å². The van der Waals surface area contributed by atoms with E-state index in [4.69, 9.17) is 16.6 Å². The third kappa shape index (κ3) is 3.90. The maximum absolute atomic E-state index is 14.9. The monoisotopic (exact) mass is 434 g/mol. The summed E-state index contributed by atoms with van der Waals surface area (Å²) in [6, 6.07) is 13.1. The molecule has 4 aromatic rings. The molecule has 0 amide bonds. The van der Waals surface area contributed by atoms with Crippen molar-refractivity contribution in [3.8, 4) is 11.3 Å². The molecule has 1 aliphatic rings. The average molecular weight is 435 g/mol. The van der Waals surface area contributed by atoms with Gasteiger partial charge in [0, 0.05) is 48.2 Å². The smallest absolute Gasteiger partial charge is 0.134 e. The van der Waals surface area contributed by atoms with Crippen molar-refractivity contribution in [1.29, 1.82) is 0 Å². The van der Waals surface area contributed by atoms with Crippen molar-refractivity contribution in [1.82, 2.24) is 14.8 Å². The van der Waals surface area contributed by atoms with Gasteiger partial charge in [-0.05, 0) is 55.0 Å². The Hall–Kier alpha value is -2.92. The summed E-state index contributed by atoms with van der Waals surface area (Å²) in [5.74, 6) is 0.940. The zero-order valence-electron chi connectivity index (χ0n) is 17.6. The fourth-order valence-electron chi connectivity index (χ4n) is 4.52. The second-order valence-corrected chi connectivity index (χ2v) is 8.85. The van der Waals surface area contributed by atoms with Gasteiger partial charge in [0.05, 0.1) is 11.9 Å². The molecule has 0 radical (unpaired) electrons. The van der Waals surface area contributed by atoms with Crippen molar-refractivity contribution in [2.45, 2.75) is 25.7 Å². The molecule has 5 rings (SSSR count). The number of benzene rings is 2. The first-order valence-electron chi connectivity index (χ1n) is 10.6. The minimum Gasteiger partial charge on any atom is -0.356 e. The van der Waals surface area contributed by atoms with E-state index in [1.165, 1.54) is 17.2 Å². The third-order valence-electron chi connectivity index (χ3n) is 6.10. The van der Waals surface area contributed by atoms with E-state index in [0.717, 1.165) is 42.5 Å². The van der Waals surface area contributed by atoms with E-state index < -0.39 is 0 Å². The summed E-state index contributed by atoms with van der Waals surface area (Å²) in [4.78, 5) is 7.29. The lowest BCUT2D eigenvalue weighted by molar-refractivity contribution is 0.507. The van der Waals surface area contributed by atoms with Crippen LogP contribution in [0.2, 0.25) is 5.02 Å². The highest BCUT2D eigenvalue weighted by Crippen LogP contribution is 2.35. The van der Waals surface area contributed by atoms with Crippen LogP contribution in [-0.4, -0.2) is 27.9 Å². The van der Waals surface area contributed by atoms with E-state index in [9.17, 15) is 4.39 Å². The highest BCUT2D eigenvalue weighted by atomic mass is 35.5. The molecule has 6 heteroatoms. The first-order chi connectivity index (χ1) is 15.0. The van der Waals surface area contributed by atoms with Crippen LogP contribution in [0.1, 0.15) is 29.9 Å². The summed E-state index contributed by atoms with van der Waals surface area (Å²) in [6.45, 7) is 3.88. The average Bonchev–Trinajstić information content (AvgIpc) is 3.19. The molecular weight excluding hydrogens is 411 g/mol. The lowest BCUT2D eigenvalue weighted by Gasteiger charge is -2.33. The van der Waals surface area contributed by atoms with Crippen molar-refractivity contribution in [2.75, 3.05) is 18.0 Å². The maximum Gasteiger partial charge on any atom is 0.134 e. The number of rotatable bonds is 3. The third-order valence-corrected chi connectivity index (χ3v) is 6.34. The summed E-state index contributed by atoms with van der Waals surface area (Å²) in [5.41, 5.74) is 3.55. The molecular formula is C25H24ClFN4. The van der Waals surface area contributed by atoms with Crippen molar-refractivity contribution < 1.29 is 4.39 Å². The van der Waals surface area contributed by atoms with E-state index in [-0.39, 0.29) is 5.82 Å². The Labute approximate surface area is 186 Å². The number of hydrogen-bond donors (Lipinski definition) is 0. The van der Waals surface area contributed by atoms with Crippen LogP contribution >= 0.6 is 11.6 Å². The highest BCUT2D eigenvalue weighted by molar-refractivity contribution is 6.30. The molecule has 2 aromatic heterocycles. The Morgan fingerprint density at radius 1 is 1.13 bits per heavy atom. The SMILES string of the molecule is Cc1ccc2c(-c3ccc(Cl)cc3F)nc(N3CCCC(c4cnn(C)c4)C3)cc2c1. The number of nitrogens with zero attached hydrogens (tertiary/aromatic N) is 4. The molecule has 2 aromatic carbocycles. The Balaban J connectivity index is 1.60. The van der Waals surface area contributed by atoms with Gasteiger partial charge in [-0.15, -0.1) is 0 Å². The molecule has 1 unspecified atom stereocenters. The van der Waals surface area contributed by atoms with E-state index in [1.54, 1.807) is 12.1 Å². The van der Waals surface area contributed by atoms with Crippen LogP contribution in [0.5, 0.6) is 0 Å². The van der Waals surface area contributed by atoms with Gasteiger partial charge in [0.1, 0.15) is 11.6 Å². The van der Waals surface area contributed by atoms with Crippen LogP contribution in [0, 0.1) is 12.7 Å². The minimum atomic E-state index is -0.356. The summed E-state index contributed by atoms with van der Waals surface area (Å²) in [6.07, 6.45) is 6.27. The van der Waals surface area contributed by atoms with Gasteiger partial charge < -0.3 is 4.90 Å². The number of fused-ring (bicyclic) bond motifs is 1. The predicted molar refractivity (Wildman–Crippen MR) is 124 cm³/mol. The molecule has 0 spiro atoms. The number of pyridine rings is 1. The summed E-state index contributed by atoms with van der Waals surface area (Å²) >= 11 is 6.00. The molecule has 0 saturated carbocycles. The largest absolute Gasteiger partial charge is 0.356 e. The van der Waals surface area contributed by atoms with Gasteiger partial charge >= 0.3 is 0 Å². The summed E-state index contributed by atoms with van der Waals surface area (Å²) in [5, 5.41) is 6.73. The van der Waals surface area contributed by atoms with Crippen molar-refractivity contribution in [2.24, 2.45) is 7.05 Å². The lowest BCUT2D eigenvalue weighted by atomic mass is 9.92. The molecule has 0 aliphatic carbocycles. The number of piperidine rings is 1. The van der Waals surface area contributed by atoms with Gasteiger partial charge in [-0.1, -0.05) is 35.4 Å². The number of hydrogen-bond acceptors (Lipinski definition) is 3. The zero-order chi connectivity index (χ0) is 21.5. The van der Waals surface area contributed by atoms with Gasteiger partial charge in [0.25, 0.3) is 0 Å². The van der Waals surface area contributed by atoms with Gasteiger partial charge in [0.2, 0.25) is 0 Å². The number of aromatic nitrogens is 3. The first-order valence-corrected chi connectivity index (χ1v) is 11.0. The molecule has 1 aliphatic heterocycles. The molecule has 0 N–H and O–H groups in total. The van der Waals surface area contributed by atoms with Crippen LogP contribution < -0.4 is 4.90 Å². The fourth-order valence-corrected chi connectivity index (χ4v) is 4.68. The van der Waals surface area contributed by atoms with Crippen LogP contribution in [0.3, 0.4) is 0 Å². The molecule has 1 atom stereocenters. The second kappa shape index (κ2) is 7.97. The van der Waals surface area contributed by atoms with Crippen LogP contribution in [0.4, 0.5) is 10.2 Å². The molecule has 31 heavy (non-hydrogen) atoms. The van der Waals surface area contributed by atoms with E-state index in [0.29, 0.717) is 22.2 Å². The number of aryl methyl sites for hydroxylation is 2. The second-order valence-electron chi connectivity index (χ2n) is 8.41. The molecule has 4 nitrogen and oxygen atoms in total. The van der Waals surface area contributed by atoms with Gasteiger partial charge in [-0.2, -0.15) is 5.10 Å². The predicted octanol–water partition coefficient (Wildman–Crippen LogP) is 6.12. The van der Waals surface area contributed by atoms with Crippen LogP contribution in [0.25, 0.3) is 22.0 Å². The molecule has 1 fully saturated rings. The quantitative estimate of drug-likeness (QED) is 0.389. The van der Waals surface area contributed by atoms with E-state index >= 15 is 0 Å². The summed E-state index contributed by atoms with van der Waals surface area (Å²) in [7, 11) is 1.95. The summed E-state index contributed by atoms with van der Waals surface area (Å²) < 4.78 is 16.7. The first kappa shape index (κ1) is 20.0. The van der Waals surface area contributed by atoms with Crippen molar-refractivity contribution >= 4 is 28.2 Å². The standard InChI is InChI=1S/C25H24ClFN4/c1-16-5-7-21-18(10-16)11-24(29-25(21)22-8-6-20(26)12-23(22)27)31-9-3-4-17(15-31)19-13-28-30(2)14-19/h5-8,10-14,17H,3-4,9,15H2,1-2H3.